The molecule has 4 heteroatoms. The second kappa shape index (κ2) is 7.19. The fourth-order valence-electron chi connectivity index (χ4n) is 2.99. The average molecular weight is 296 g/mol. The average Bonchev–Trinajstić information content (AvgIpc) is 2.86. The Labute approximate surface area is 125 Å². The number of halogens is 1. The number of aliphatic hydroxyl groups is 1. The molecule has 1 aromatic rings. The monoisotopic (exact) mass is 295 g/mol. The van der Waals surface area contributed by atoms with E-state index in [-0.39, 0.29) is 17.3 Å². The maximum atomic E-state index is 10.9. The van der Waals surface area contributed by atoms with Crippen LogP contribution in [-0.4, -0.2) is 16.5 Å². The summed E-state index contributed by atoms with van der Waals surface area (Å²) >= 11 is 6.15. The molecule has 0 amide bonds. The van der Waals surface area contributed by atoms with Crippen molar-refractivity contribution >= 4 is 11.6 Å². The lowest BCUT2D eigenvalue weighted by Crippen LogP contribution is -2.09. The number of unbranched alkanes of at least 4 members (excludes halogenated alkanes) is 1. The number of hydrogen-bond acceptors (Lipinski definition) is 3. The van der Waals surface area contributed by atoms with Gasteiger partial charge in [0.1, 0.15) is 6.04 Å². The largest absolute Gasteiger partial charge is 0.388 e. The molecule has 0 saturated heterocycles. The van der Waals surface area contributed by atoms with Gasteiger partial charge in [-0.15, -0.1) is 11.6 Å². The summed E-state index contributed by atoms with van der Waals surface area (Å²) in [5, 5.41) is 13.4. The zero-order chi connectivity index (χ0) is 14.5. The first-order chi connectivity index (χ1) is 9.65. The second-order valence-electron chi connectivity index (χ2n) is 5.68. The van der Waals surface area contributed by atoms with Gasteiger partial charge in [-0.05, 0) is 30.4 Å². The van der Waals surface area contributed by atoms with Crippen LogP contribution >= 0.6 is 11.6 Å². The van der Waals surface area contributed by atoms with Gasteiger partial charge in [0.2, 0.25) is 0 Å². The summed E-state index contributed by atoms with van der Waals surface area (Å²) in [7, 11) is 0. The van der Waals surface area contributed by atoms with Crippen molar-refractivity contribution in [1.82, 2.24) is 0 Å². The van der Waals surface area contributed by atoms with E-state index >= 15 is 0 Å². The molecule has 1 unspecified atom stereocenters. The van der Waals surface area contributed by atoms with E-state index in [4.69, 9.17) is 11.6 Å². The molecule has 20 heavy (non-hydrogen) atoms. The SMILES string of the molecule is CCCCC(O)c1cccc([C@@H]2C[C@H](Cl)C[C@H]2N=O)c1. The van der Waals surface area contributed by atoms with E-state index in [1.807, 2.05) is 24.3 Å². The normalized spacial score (nSPS) is 27.4. The third kappa shape index (κ3) is 3.58. The summed E-state index contributed by atoms with van der Waals surface area (Å²) < 4.78 is 0. The van der Waals surface area contributed by atoms with Crippen LogP contribution in [0.1, 0.15) is 62.2 Å². The van der Waals surface area contributed by atoms with Crippen molar-refractivity contribution in [3.63, 3.8) is 0 Å². The van der Waals surface area contributed by atoms with E-state index in [1.165, 1.54) is 0 Å². The molecule has 0 spiro atoms. The molecule has 1 saturated carbocycles. The molecule has 0 bridgehead atoms. The first-order valence-electron chi connectivity index (χ1n) is 7.40. The van der Waals surface area contributed by atoms with Gasteiger partial charge < -0.3 is 5.11 Å². The molecule has 4 atom stereocenters. The van der Waals surface area contributed by atoms with Gasteiger partial charge in [0.25, 0.3) is 0 Å². The number of nitroso groups, excluding NO2 is 1. The number of alkyl halides is 1. The molecule has 0 aliphatic heterocycles. The molecule has 1 aliphatic rings. The fraction of sp³-hybridized carbons (Fsp3) is 0.625. The maximum absolute atomic E-state index is 10.9. The Morgan fingerprint density at radius 3 is 2.95 bits per heavy atom. The smallest absolute Gasteiger partial charge is 0.100 e. The van der Waals surface area contributed by atoms with Crippen molar-refractivity contribution in [2.75, 3.05) is 0 Å². The van der Waals surface area contributed by atoms with Crippen LogP contribution in [-0.2, 0) is 0 Å². The van der Waals surface area contributed by atoms with Gasteiger partial charge in [0.15, 0.2) is 0 Å². The van der Waals surface area contributed by atoms with Crippen molar-refractivity contribution in [3.8, 4) is 0 Å². The molecule has 0 aromatic heterocycles. The molecule has 3 nitrogen and oxygen atoms in total. The second-order valence-corrected chi connectivity index (χ2v) is 6.29. The van der Waals surface area contributed by atoms with E-state index in [9.17, 15) is 10.0 Å². The topological polar surface area (TPSA) is 49.7 Å². The van der Waals surface area contributed by atoms with Crippen LogP contribution < -0.4 is 0 Å². The predicted octanol–water partition coefficient (Wildman–Crippen LogP) is 4.53. The number of nitrogens with zero attached hydrogens (tertiary/aromatic N) is 1. The van der Waals surface area contributed by atoms with Crippen molar-refractivity contribution < 1.29 is 5.11 Å². The molecule has 1 aliphatic carbocycles. The fourth-order valence-corrected chi connectivity index (χ4v) is 3.37. The van der Waals surface area contributed by atoms with Gasteiger partial charge in [-0.2, -0.15) is 4.91 Å². The Morgan fingerprint density at radius 1 is 1.45 bits per heavy atom. The Hall–Kier alpha value is -0.930. The summed E-state index contributed by atoms with van der Waals surface area (Å²) in [5.41, 5.74) is 2.00. The van der Waals surface area contributed by atoms with Gasteiger partial charge in [-0.25, -0.2) is 0 Å². The van der Waals surface area contributed by atoms with E-state index in [0.29, 0.717) is 6.42 Å². The Bertz CT molecular complexity index is 452. The molecule has 0 radical (unpaired) electrons. The minimum atomic E-state index is -0.425. The van der Waals surface area contributed by atoms with E-state index in [2.05, 4.69) is 12.1 Å². The maximum Gasteiger partial charge on any atom is 0.100 e. The van der Waals surface area contributed by atoms with Crippen LogP contribution in [0, 0.1) is 4.91 Å². The predicted molar refractivity (Wildman–Crippen MR) is 82.1 cm³/mol. The summed E-state index contributed by atoms with van der Waals surface area (Å²) in [4.78, 5) is 10.9. The Balaban J connectivity index is 2.14. The lowest BCUT2D eigenvalue weighted by molar-refractivity contribution is 0.164. The van der Waals surface area contributed by atoms with Crippen molar-refractivity contribution in [1.29, 1.82) is 0 Å². The standard InChI is InChI=1S/C16H22ClNO2/c1-2-3-7-16(19)12-6-4-5-11(8-12)14-9-13(17)10-15(14)18-20/h4-6,8,13-16,19H,2-3,7,9-10H2,1H3/t13-,14-,15+,16?/m0/s1. The van der Waals surface area contributed by atoms with Crippen LogP contribution in [0.5, 0.6) is 0 Å². The highest BCUT2D eigenvalue weighted by atomic mass is 35.5. The molecular formula is C16H22ClNO2. The van der Waals surface area contributed by atoms with Gasteiger partial charge in [-0.3, -0.25) is 0 Å². The van der Waals surface area contributed by atoms with Gasteiger partial charge >= 0.3 is 0 Å². The number of aliphatic hydroxyl groups excluding tert-OH is 1. The molecule has 1 fully saturated rings. The highest BCUT2D eigenvalue weighted by molar-refractivity contribution is 6.20. The van der Waals surface area contributed by atoms with E-state index in [1.54, 1.807) is 0 Å². The Morgan fingerprint density at radius 2 is 2.25 bits per heavy atom. The minimum absolute atomic E-state index is 0.0244. The summed E-state index contributed by atoms with van der Waals surface area (Å²) in [6, 6.07) is 7.68. The molecule has 0 heterocycles. The van der Waals surface area contributed by atoms with Crippen molar-refractivity contribution in [2.24, 2.45) is 5.18 Å². The molecule has 1 aromatic carbocycles. The number of hydrogen-bond donors (Lipinski definition) is 1. The summed E-state index contributed by atoms with van der Waals surface area (Å²) in [6.45, 7) is 2.11. The summed E-state index contributed by atoms with van der Waals surface area (Å²) in [5.74, 6) is 0.0910. The van der Waals surface area contributed by atoms with E-state index in [0.717, 1.165) is 36.8 Å². The minimum Gasteiger partial charge on any atom is -0.388 e. The molecule has 2 rings (SSSR count). The van der Waals surface area contributed by atoms with Crippen LogP contribution in [0.4, 0.5) is 0 Å². The van der Waals surface area contributed by atoms with Crippen molar-refractivity contribution in [2.45, 2.75) is 62.5 Å². The molecular weight excluding hydrogens is 274 g/mol. The number of rotatable bonds is 6. The first-order valence-corrected chi connectivity index (χ1v) is 7.83. The first kappa shape index (κ1) is 15.5. The Kier molecular flexibility index (Phi) is 5.55. The summed E-state index contributed by atoms with van der Waals surface area (Å²) in [6.07, 6.45) is 3.87. The van der Waals surface area contributed by atoms with Crippen molar-refractivity contribution in [3.05, 3.63) is 40.3 Å². The third-order valence-electron chi connectivity index (χ3n) is 4.16. The van der Waals surface area contributed by atoms with Crippen LogP contribution in [0.2, 0.25) is 0 Å². The van der Waals surface area contributed by atoms with Crippen LogP contribution in [0.15, 0.2) is 29.4 Å². The van der Waals surface area contributed by atoms with E-state index < -0.39 is 6.10 Å². The van der Waals surface area contributed by atoms with Crippen LogP contribution in [0.3, 0.4) is 0 Å². The van der Waals surface area contributed by atoms with Gasteiger partial charge in [0, 0.05) is 11.3 Å². The van der Waals surface area contributed by atoms with Gasteiger partial charge in [0.05, 0.1) is 6.10 Å². The van der Waals surface area contributed by atoms with Gasteiger partial charge in [-0.1, -0.05) is 49.2 Å². The van der Waals surface area contributed by atoms with Crippen LogP contribution in [0.25, 0.3) is 0 Å². The molecule has 110 valence electrons. The highest BCUT2D eigenvalue weighted by Gasteiger charge is 2.35. The lowest BCUT2D eigenvalue weighted by Gasteiger charge is -2.17. The zero-order valence-corrected chi connectivity index (χ0v) is 12.6. The molecule has 1 N–H and O–H groups in total. The highest BCUT2D eigenvalue weighted by Crippen LogP contribution is 2.40. The third-order valence-corrected chi connectivity index (χ3v) is 4.52. The lowest BCUT2D eigenvalue weighted by atomic mass is 9.91. The quantitative estimate of drug-likeness (QED) is 0.619. The number of benzene rings is 1. The zero-order valence-electron chi connectivity index (χ0n) is 11.8.